The number of rotatable bonds is 6. The van der Waals surface area contributed by atoms with Crippen molar-refractivity contribution in [2.75, 3.05) is 0 Å². The Morgan fingerprint density at radius 3 is 2.72 bits per heavy atom. The number of Topliss-reactive ketones (excluding diaryl/α,β-unsaturated/α-hetero) is 1. The first kappa shape index (κ1) is 13.7. The highest BCUT2D eigenvalue weighted by Crippen LogP contribution is 2.04. The molecule has 0 atom stereocenters. The van der Waals surface area contributed by atoms with E-state index in [2.05, 4.69) is 0 Å². The zero-order valence-electron chi connectivity index (χ0n) is 10.1. The van der Waals surface area contributed by atoms with Gasteiger partial charge in [-0.2, -0.15) is 0 Å². The smallest absolute Gasteiger partial charge is 0.173 e. The van der Waals surface area contributed by atoms with Crippen molar-refractivity contribution in [1.82, 2.24) is 0 Å². The number of ether oxygens (including phenoxy) is 1. The van der Waals surface area contributed by atoms with Crippen molar-refractivity contribution >= 4 is 11.7 Å². The summed E-state index contributed by atoms with van der Waals surface area (Å²) in [4.78, 5) is 21.6. The van der Waals surface area contributed by atoms with Gasteiger partial charge in [-0.1, -0.05) is 42.5 Å². The van der Waals surface area contributed by atoms with Crippen LogP contribution in [0.2, 0.25) is 0 Å². The molecule has 0 aliphatic heterocycles. The van der Waals surface area contributed by atoms with Crippen LogP contribution in [0.1, 0.15) is 23.7 Å². The lowest BCUT2D eigenvalue weighted by Crippen LogP contribution is -1.95. The summed E-state index contributed by atoms with van der Waals surface area (Å²) < 4.78 is 4.74. The fraction of sp³-hybridized carbons (Fsp3) is 0.133. The van der Waals surface area contributed by atoms with Crippen LogP contribution >= 0.6 is 0 Å². The largest absolute Gasteiger partial charge is 0.461 e. The van der Waals surface area contributed by atoms with Gasteiger partial charge in [0.05, 0.1) is 6.26 Å². The molecule has 0 aliphatic rings. The minimum atomic E-state index is 0.0633. The summed E-state index contributed by atoms with van der Waals surface area (Å²) in [6, 6.07) is 9.12. The van der Waals surface area contributed by atoms with E-state index in [-0.39, 0.29) is 5.78 Å². The SMILES string of the molecule is CC(/C=C/CC(=O)c1ccccc1)=C\OC=C=O. The van der Waals surface area contributed by atoms with Gasteiger partial charge in [0, 0.05) is 12.0 Å². The molecule has 0 saturated heterocycles. The van der Waals surface area contributed by atoms with E-state index >= 15 is 0 Å². The third-order valence-corrected chi connectivity index (χ3v) is 2.15. The van der Waals surface area contributed by atoms with Gasteiger partial charge in [0.1, 0.15) is 0 Å². The average molecular weight is 242 g/mol. The van der Waals surface area contributed by atoms with Crippen molar-refractivity contribution in [3.63, 3.8) is 0 Å². The standard InChI is InChI=1S/C15H14O3/c1-13(12-18-11-10-16)6-5-9-15(17)14-7-3-2-4-8-14/h2-8,11-12H,9H2,1H3/b6-5+,13-12+. The van der Waals surface area contributed by atoms with Gasteiger partial charge in [-0.3, -0.25) is 4.79 Å². The normalized spacial score (nSPS) is 11.1. The maximum Gasteiger partial charge on any atom is 0.173 e. The van der Waals surface area contributed by atoms with E-state index in [1.807, 2.05) is 25.1 Å². The highest BCUT2D eigenvalue weighted by molar-refractivity contribution is 5.96. The summed E-state index contributed by atoms with van der Waals surface area (Å²) in [7, 11) is 0. The first-order valence-electron chi connectivity index (χ1n) is 5.50. The van der Waals surface area contributed by atoms with E-state index in [1.165, 1.54) is 12.2 Å². The van der Waals surface area contributed by atoms with Crippen molar-refractivity contribution in [3.8, 4) is 0 Å². The molecule has 1 aromatic carbocycles. The van der Waals surface area contributed by atoms with Crippen LogP contribution in [0.5, 0.6) is 0 Å². The van der Waals surface area contributed by atoms with Crippen LogP contribution in [-0.2, 0) is 9.53 Å². The number of benzene rings is 1. The van der Waals surface area contributed by atoms with Gasteiger partial charge in [-0.05, 0) is 12.5 Å². The van der Waals surface area contributed by atoms with Gasteiger partial charge >= 0.3 is 0 Å². The molecule has 0 aromatic heterocycles. The van der Waals surface area contributed by atoms with Crippen molar-refractivity contribution < 1.29 is 14.3 Å². The molecular weight excluding hydrogens is 228 g/mol. The fourth-order valence-corrected chi connectivity index (χ4v) is 1.30. The van der Waals surface area contributed by atoms with Crippen LogP contribution in [-0.4, -0.2) is 11.7 Å². The molecule has 1 aromatic rings. The zero-order valence-corrected chi connectivity index (χ0v) is 10.1. The Hall–Kier alpha value is -2.38. The first-order chi connectivity index (χ1) is 8.74. The number of hydrogen-bond donors (Lipinski definition) is 0. The lowest BCUT2D eigenvalue weighted by atomic mass is 10.1. The van der Waals surface area contributed by atoms with Gasteiger partial charge in [-0.15, -0.1) is 0 Å². The van der Waals surface area contributed by atoms with E-state index in [0.29, 0.717) is 12.0 Å². The molecule has 0 N–H and O–H groups in total. The maximum absolute atomic E-state index is 11.7. The molecule has 92 valence electrons. The Kier molecular flexibility index (Phi) is 5.95. The quantitative estimate of drug-likeness (QED) is 0.333. The van der Waals surface area contributed by atoms with E-state index < -0.39 is 0 Å². The number of carbonyl (C=O) groups excluding carboxylic acids is 2. The molecule has 0 saturated carbocycles. The van der Waals surface area contributed by atoms with Gasteiger partial charge in [0.2, 0.25) is 0 Å². The summed E-state index contributed by atoms with van der Waals surface area (Å²) in [5, 5.41) is 0. The zero-order chi connectivity index (χ0) is 13.2. The molecule has 0 aliphatic carbocycles. The van der Waals surface area contributed by atoms with Crippen LogP contribution in [0.25, 0.3) is 0 Å². The van der Waals surface area contributed by atoms with E-state index in [0.717, 1.165) is 11.8 Å². The minimum absolute atomic E-state index is 0.0633. The molecule has 0 unspecified atom stereocenters. The van der Waals surface area contributed by atoms with Crippen LogP contribution in [0.15, 0.2) is 60.6 Å². The highest BCUT2D eigenvalue weighted by Gasteiger charge is 2.01. The molecule has 1 rings (SSSR count). The predicted octanol–water partition coefficient (Wildman–Crippen LogP) is 3.08. The minimum Gasteiger partial charge on any atom is -0.461 e. The van der Waals surface area contributed by atoms with E-state index in [9.17, 15) is 9.59 Å². The van der Waals surface area contributed by atoms with E-state index in [4.69, 9.17) is 4.74 Å². The topological polar surface area (TPSA) is 43.4 Å². The van der Waals surface area contributed by atoms with Gasteiger partial charge < -0.3 is 4.74 Å². The predicted molar refractivity (Wildman–Crippen MR) is 69.6 cm³/mol. The number of hydrogen-bond acceptors (Lipinski definition) is 3. The second-order valence-corrected chi connectivity index (χ2v) is 3.63. The van der Waals surface area contributed by atoms with Crippen LogP contribution in [0.4, 0.5) is 0 Å². The van der Waals surface area contributed by atoms with Crippen LogP contribution in [0, 0.1) is 0 Å². The molecule has 0 bridgehead atoms. The second-order valence-electron chi connectivity index (χ2n) is 3.63. The Labute approximate surface area is 106 Å². The summed E-state index contributed by atoms with van der Waals surface area (Å²) in [6.45, 7) is 1.81. The Balaban J connectivity index is 2.48. The molecule has 0 radical (unpaired) electrons. The molecular formula is C15H14O3. The highest BCUT2D eigenvalue weighted by atomic mass is 16.5. The Morgan fingerprint density at radius 1 is 1.33 bits per heavy atom. The third kappa shape index (κ3) is 5.10. The summed E-state index contributed by atoms with van der Waals surface area (Å²) in [6.07, 6.45) is 6.19. The van der Waals surface area contributed by atoms with Crippen LogP contribution < -0.4 is 0 Å². The van der Waals surface area contributed by atoms with Crippen molar-refractivity contribution in [2.24, 2.45) is 0 Å². The molecule has 18 heavy (non-hydrogen) atoms. The van der Waals surface area contributed by atoms with Crippen molar-refractivity contribution in [1.29, 1.82) is 0 Å². The van der Waals surface area contributed by atoms with Gasteiger partial charge in [0.25, 0.3) is 0 Å². The molecule has 0 heterocycles. The lowest BCUT2D eigenvalue weighted by Gasteiger charge is -1.96. The Bertz CT molecular complexity index is 492. The maximum atomic E-state index is 11.7. The molecule has 0 spiro atoms. The lowest BCUT2D eigenvalue weighted by molar-refractivity contribution is 0.0996. The monoisotopic (exact) mass is 242 g/mol. The summed E-state index contributed by atoms with van der Waals surface area (Å²) in [5.74, 6) is 1.56. The fourth-order valence-electron chi connectivity index (χ4n) is 1.30. The summed E-state index contributed by atoms with van der Waals surface area (Å²) in [5.41, 5.74) is 1.51. The number of allylic oxidation sites excluding steroid dienone is 3. The molecule has 3 heteroatoms. The van der Waals surface area contributed by atoms with Crippen molar-refractivity contribution in [3.05, 3.63) is 66.1 Å². The van der Waals surface area contributed by atoms with Gasteiger partial charge in [-0.25, -0.2) is 4.79 Å². The number of ketones is 1. The van der Waals surface area contributed by atoms with E-state index in [1.54, 1.807) is 24.3 Å². The summed E-state index contributed by atoms with van der Waals surface area (Å²) >= 11 is 0. The third-order valence-electron chi connectivity index (χ3n) is 2.15. The van der Waals surface area contributed by atoms with Crippen LogP contribution in [0.3, 0.4) is 0 Å². The molecule has 0 amide bonds. The number of carbonyl (C=O) groups is 1. The van der Waals surface area contributed by atoms with Gasteiger partial charge in [0.15, 0.2) is 18.0 Å². The molecule has 3 nitrogen and oxygen atoms in total. The molecule has 0 fully saturated rings. The first-order valence-corrected chi connectivity index (χ1v) is 5.50. The average Bonchev–Trinajstić information content (AvgIpc) is 2.40. The van der Waals surface area contributed by atoms with Crippen molar-refractivity contribution in [2.45, 2.75) is 13.3 Å². The Morgan fingerprint density at radius 2 is 2.06 bits per heavy atom. The second kappa shape index (κ2) is 7.82.